The molecule has 1 aliphatic heterocycles. The molecule has 0 aliphatic carbocycles. The second-order valence-corrected chi connectivity index (χ2v) is 5.79. The molecule has 3 rings (SSSR count). The van der Waals surface area contributed by atoms with E-state index < -0.39 is 4.92 Å². The van der Waals surface area contributed by atoms with E-state index in [4.69, 9.17) is 0 Å². The summed E-state index contributed by atoms with van der Waals surface area (Å²) in [7, 11) is 0. The van der Waals surface area contributed by atoms with Crippen LogP contribution in [0.4, 0.5) is 11.4 Å². The number of carbonyl (C=O) groups is 1. The number of amides is 1. The molecule has 128 valence electrons. The Morgan fingerprint density at radius 1 is 1.08 bits per heavy atom. The van der Waals surface area contributed by atoms with Crippen molar-refractivity contribution in [3.63, 3.8) is 0 Å². The standard InChI is InChI=1S/C18H18N4O3/c23-18(15-5-9-16(10-6-15)21-11-1-2-12-21)20-19-13-14-3-7-17(8-4-14)22(24)25/h3-10,13H,1-2,11-12H2,(H,20,23)/b19-13-. The van der Waals surface area contributed by atoms with Gasteiger partial charge in [-0.2, -0.15) is 5.10 Å². The highest BCUT2D eigenvalue weighted by Crippen LogP contribution is 2.20. The molecule has 0 saturated carbocycles. The summed E-state index contributed by atoms with van der Waals surface area (Å²) in [6.07, 6.45) is 3.86. The van der Waals surface area contributed by atoms with Gasteiger partial charge in [0.15, 0.2) is 0 Å². The average Bonchev–Trinajstić information content (AvgIpc) is 3.17. The number of anilines is 1. The SMILES string of the molecule is O=C(N/N=C\c1ccc([N+](=O)[O-])cc1)c1ccc(N2CCCC2)cc1. The maximum atomic E-state index is 12.1. The van der Waals surface area contributed by atoms with Crippen molar-refractivity contribution >= 4 is 23.5 Å². The first-order valence-corrected chi connectivity index (χ1v) is 8.06. The van der Waals surface area contributed by atoms with Crippen LogP contribution in [-0.4, -0.2) is 30.1 Å². The number of benzene rings is 2. The van der Waals surface area contributed by atoms with Gasteiger partial charge in [0, 0.05) is 36.5 Å². The third kappa shape index (κ3) is 4.20. The van der Waals surface area contributed by atoms with Crippen molar-refractivity contribution in [2.24, 2.45) is 5.10 Å². The second-order valence-electron chi connectivity index (χ2n) is 5.79. The predicted octanol–water partition coefficient (Wildman–Crippen LogP) is 2.96. The first-order chi connectivity index (χ1) is 12.1. The quantitative estimate of drug-likeness (QED) is 0.516. The number of hydrazone groups is 1. The van der Waals surface area contributed by atoms with E-state index in [9.17, 15) is 14.9 Å². The molecule has 1 heterocycles. The fourth-order valence-corrected chi connectivity index (χ4v) is 2.71. The first kappa shape index (κ1) is 16.6. The van der Waals surface area contributed by atoms with E-state index in [2.05, 4.69) is 15.4 Å². The lowest BCUT2D eigenvalue weighted by Gasteiger charge is -2.17. The van der Waals surface area contributed by atoms with Gasteiger partial charge in [0.1, 0.15) is 0 Å². The van der Waals surface area contributed by atoms with Crippen LogP contribution in [0.1, 0.15) is 28.8 Å². The number of carbonyl (C=O) groups excluding carboxylic acids is 1. The summed E-state index contributed by atoms with van der Waals surface area (Å²) in [5.41, 5.74) is 4.79. The molecule has 1 N–H and O–H groups in total. The summed E-state index contributed by atoms with van der Waals surface area (Å²) in [6.45, 7) is 2.12. The van der Waals surface area contributed by atoms with Gasteiger partial charge in [-0.3, -0.25) is 14.9 Å². The van der Waals surface area contributed by atoms with Gasteiger partial charge < -0.3 is 4.90 Å². The van der Waals surface area contributed by atoms with Crippen LogP contribution in [0.5, 0.6) is 0 Å². The maximum Gasteiger partial charge on any atom is 0.271 e. The largest absolute Gasteiger partial charge is 0.372 e. The number of nitrogens with zero attached hydrogens (tertiary/aromatic N) is 3. The summed E-state index contributed by atoms with van der Waals surface area (Å²) in [5.74, 6) is -0.300. The molecule has 0 unspecified atom stereocenters. The molecule has 1 saturated heterocycles. The van der Waals surface area contributed by atoms with E-state index in [-0.39, 0.29) is 11.6 Å². The second kappa shape index (κ2) is 7.57. The van der Waals surface area contributed by atoms with E-state index in [1.165, 1.54) is 31.2 Å². The minimum absolute atomic E-state index is 0.0132. The van der Waals surface area contributed by atoms with Crippen LogP contribution in [0.15, 0.2) is 53.6 Å². The first-order valence-electron chi connectivity index (χ1n) is 8.06. The van der Waals surface area contributed by atoms with Crippen molar-refractivity contribution in [1.29, 1.82) is 0 Å². The summed E-state index contributed by atoms with van der Waals surface area (Å²) >= 11 is 0. The molecule has 0 atom stereocenters. The van der Waals surface area contributed by atoms with Crippen molar-refractivity contribution in [2.75, 3.05) is 18.0 Å². The van der Waals surface area contributed by atoms with E-state index >= 15 is 0 Å². The Kier molecular flexibility index (Phi) is 5.03. The molecular weight excluding hydrogens is 320 g/mol. The molecular formula is C18H18N4O3. The zero-order valence-electron chi connectivity index (χ0n) is 13.6. The Labute approximate surface area is 145 Å². The van der Waals surface area contributed by atoms with E-state index in [0.717, 1.165) is 18.8 Å². The van der Waals surface area contributed by atoms with Crippen molar-refractivity contribution in [3.8, 4) is 0 Å². The molecule has 7 nitrogen and oxygen atoms in total. The Morgan fingerprint density at radius 3 is 2.32 bits per heavy atom. The van der Waals surface area contributed by atoms with Crippen molar-refractivity contribution in [1.82, 2.24) is 5.43 Å². The molecule has 2 aromatic carbocycles. The number of nitro benzene ring substituents is 1. The van der Waals surface area contributed by atoms with Crippen molar-refractivity contribution in [2.45, 2.75) is 12.8 Å². The minimum Gasteiger partial charge on any atom is -0.372 e. The summed E-state index contributed by atoms with van der Waals surface area (Å²) in [5, 5.41) is 14.5. The molecule has 0 aromatic heterocycles. The third-order valence-electron chi connectivity index (χ3n) is 4.08. The zero-order valence-corrected chi connectivity index (χ0v) is 13.6. The van der Waals surface area contributed by atoms with Gasteiger partial charge in [-0.1, -0.05) is 0 Å². The Morgan fingerprint density at radius 2 is 1.72 bits per heavy atom. The van der Waals surface area contributed by atoms with Crippen LogP contribution in [-0.2, 0) is 0 Å². The summed E-state index contributed by atoms with van der Waals surface area (Å²) in [4.78, 5) is 24.5. The molecule has 0 bridgehead atoms. The van der Waals surface area contributed by atoms with Gasteiger partial charge in [0.2, 0.25) is 0 Å². The predicted molar refractivity (Wildman–Crippen MR) is 96.0 cm³/mol. The summed E-state index contributed by atoms with van der Waals surface area (Å²) in [6, 6.07) is 13.4. The maximum absolute atomic E-state index is 12.1. The molecule has 1 amide bonds. The minimum atomic E-state index is -0.464. The Hall–Kier alpha value is -3.22. The molecule has 1 aliphatic rings. The number of nitro groups is 1. The smallest absolute Gasteiger partial charge is 0.271 e. The molecule has 1 fully saturated rings. The van der Waals surface area contributed by atoms with Gasteiger partial charge in [-0.15, -0.1) is 0 Å². The van der Waals surface area contributed by atoms with Gasteiger partial charge in [-0.25, -0.2) is 5.43 Å². The lowest BCUT2D eigenvalue weighted by molar-refractivity contribution is -0.384. The van der Waals surface area contributed by atoms with Gasteiger partial charge >= 0.3 is 0 Å². The van der Waals surface area contributed by atoms with Crippen molar-refractivity contribution < 1.29 is 9.72 Å². The fourth-order valence-electron chi connectivity index (χ4n) is 2.71. The lowest BCUT2D eigenvalue weighted by atomic mass is 10.2. The van der Waals surface area contributed by atoms with Crippen LogP contribution in [0, 0.1) is 10.1 Å². The van der Waals surface area contributed by atoms with Gasteiger partial charge in [0.25, 0.3) is 11.6 Å². The van der Waals surface area contributed by atoms with E-state index in [1.54, 1.807) is 24.3 Å². The van der Waals surface area contributed by atoms with Crippen LogP contribution in [0.2, 0.25) is 0 Å². The number of non-ortho nitro benzene ring substituents is 1. The third-order valence-corrected chi connectivity index (χ3v) is 4.08. The van der Waals surface area contributed by atoms with Crippen LogP contribution >= 0.6 is 0 Å². The van der Waals surface area contributed by atoms with Crippen LogP contribution < -0.4 is 10.3 Å². The van der Waals surface area contributed by atoms with Crippen LogP contribution in [0.3, 0.4) is 0 Å². The van der Waals surface area contributed by atoms with Gasteiger partial charge in [0.05, 0.1) is 11.1 Å². The van der Waals surface area contributed by atoms with Crippen LogP contribution in [0.25, 0.3) is 0 Å². The monoisotopic (exact) mass is 338 g/mol. The number of hydrogen-bond donors (Lipinski definition) is 1. The van der Waals surface area contributed by atoms with Crippen molar-refractivity contribution in [3.05, 3.63) is 69.8 Å². The Balaban J connectivity index is 1.57. The average molecular weight is 338 g/mol. The fraction of sp³-hybridized carbons (Fsp3) is 0.222. The molecule has 7 heteroatoms. The zero-order chi connectivity index (χ0) is 17.6. The molecule has 2 aromatic rings. The number of rotatable bonds is 5. The van der Waals surface area contributed by atoms with Gasteiger partial charge in [-0.05, 0) is 54.8 Å². The lowest BCUT2D eigenvalue weighted by Crippen LogP contribution is -2.19. The molecule has 0 spiro atoms. The molecule has 25 heavy (non-hydrogen) atoms. The highest BCUT2D eigenvalue weighted by Gasteiger charge is 2.12. The highest BCUT2D eigenvalue weighted by atomic mass is 16.6. The number of nitrogens with one attached hydrogen (secondary N) is 1. The topological polar surface area (TPSA) is 87.8 Å². The normalized spacial score (nSPS) is 14.0. The Bertz CT molecular complexity index is 779. The van der Waals surface area contributed by atoms with E-state index in [0.29, 0.717) is 11.1 Å². The number of hydrogen-bond acceptors (Lipinski definition) is 5. The highest BCUT2D eigenvalue weighted by molar-refractivity contribution is 5.95. The summed E-state index contributed by atoms with van der Waals surface area (Å²) < 4.78 is 0. The van der Waals surface area contributed by atoms with E-state index in [1.807, 2.05) is 12.1 Å². The molecule has 0 radical (unpaired) electrons.